The molecule has 1 heteroatoms. The van der Waals surface area contributed by atoms with Crippen molar-refractivity contribution in [3.63, 3.8) is 0 Å². The number of rotatable bonds is 2. The van der Waals surface area contributed by atoms with Crippen molar-refractivity contribution in [3.05, 3.63) is 29.3 Å². The van der Waals surface area contributed by atoms with Crippen molar-refractivity contribution >= 4 is 5.69 Å². The third-order valence-corrected chi connectivity index (χ3v) is 5.07. The van der Waals surface area contributed by atoms with Gasteiger partial charge < -0.3 is 5.32 Å². The second kappa shape index (κ2) is 9.12. The number of hydrogen-bond acceptors (Lipinski definition) is 1. The number of hydrogen-bond donors (Lipinski definition) is 1. The Labute approximate surface area is 131 Å². The summed E-state index contributed by atoms with van der Waals surface area (Å²) in [5.74, 6) is 0. The van der Waals surface area contributed by atoms with Crippen molar-refractivity contribution in [1.82, 2.24) is 0 Å². The number of anilines is 1. The molecule has 0 amide bonds. The predicted octanol–water partition coefficient (Wildman–Crippen LogP) is 6.39. The van der Waals surface area contributed by atoms with Crippen LogP contribution in [0.2, 0.25) is 0 Å². The SMILES string of the molecule is Cc1cccc(NC2CCCCCCCCCCC2)c1C. The molecule has 0 aliphatic heterocycles. The van der Waals surface area contributed by atoms with Crippen LogP contribution < -0.4 is 5.32 Å². The normalized spacial score (nSPS) is 19.5. The van der Waals surface area contributed by atoms with Crippen LogP contribution in [0.5, 0.6) is 0 Å². The molecule has 0 saturated heterocycles. The van der Waals surface area contributed by atoms with E-state index < -0.39 is 0 Å². The Morgan fingerprint density at radius 1 is 0.762 bits per heavy atom. The molecule has 0 heterocycles. The first-order valence-corrected chi connectivity index (χ1v) is 9.10. The minimum Gasteiger partial charge on any atom is -0.382 e. The van der Waals surface area contributed by atoms with Crippen molar-refractivity contribution in [2.45, 2.75) is 90.5 Å². The first-order valence-electron chi connectivity index (χ1n) is 9.10. The molecule has 1 N–H and O–H groups in total. The molecule has 1 fully saturated rings. The van der Waals surface area contributed by atoms with Gasteiger partial charge in [-0.1, -0.05) is 69.9 Å². The van der Waals surface area contributed by atoms with Crippen LogP contribution in [-0.4, -0.2) is 6.04 Å². The smallest absolute Gasteiger partial charge is 0.0374 e. The Kier molecular flexibility index (Phi) is 7.12. The molecule has 1 aliphatic carbocycles. The summed E-state index contributed by atoms with van der Waals surface area (Å²) >= 11 is 0. The van der Waals surface area contributed by atoms with Crippen LogP contribution in [0.4, 0.5) is 5.69 Å². The number of nitrogens with one attached hydrogen (secondary N) is 1. The van der Waals surface area contributed by atoms with E-state index in [1.807, 2.05) is 0 Å². The molecule has 1 aromatic rings. The van der Waals surface area contributed by atoms with E-state index in [0.717, 1.165) is 0 Å². The molecule has 1 aromatic carbocycles. The molecule has 0 unspecified atom stereocenters. The van der Waals surface area contributed by atoms with Gasteiger partial charge in [-0.2, -0.15) is 0 Å². The highest BCUT2D eigenvalue weighted by molar-refractivity contribution is 5.54. The van der Waals surface area contributed by atoms with E-state index in [0.29, 0.717) is 6.04 Å². The molecule has 0 aromatic heterocycles. The largest absolute Gasteiger partial charge is 0.382 e. The van der Waals surface area contributed by atoms with Crippen molar-refractivity contribution in [2.24, 2.45) is 0 Å². The third-order valence-electron chi connectivity index (χ3n) is 5.07. The van der Waals surface area contributed by atoms with E-state index >= 15 is 0 Å². The van der Waals surface area contributed by atoms with Gasteiger partial charge in [-0.05, 0) is 43.9 Å². The lowest BCUT2D eigenvalue weighted by molar-refractivity contribution is 0.480. The highest BCUT2D eigenvalue weighted by Gasteiger charge is 2.11. The average molecular weight is 287 g/mol. The summed E-state index contributed by atoms with van der Waals surface area (Å²) in [6.45, 7) is 4.45. The fourth-order valence-corrected chi connectivity index (χ4v) is 3.43. The van der Waals surface area contributed by atoms with Gasteiger partial charge in [0.05, 0.1) is 0 Å². The molecule has 0 spiro atoms. The van der Waals surface area contributed by atoms with Crippen molar-refractivity contribution < 1.29 is 0 Å². The van der Waals surface area contributed by atoms with E-state index in [1.54, 1.807) is 0 Å². The standard InChI is InChI=1S/C20H33N/c1-17-13-12-16-20(18(17)2)21-19-14-10-8-6-4-3-5-7-9-11-15-19/h12-13,16,19,21H,3-11,14-15H2,1-2H3. The maximum atomic E-state index is 3.84. The zero-order valence-corrected chi connectivity index (χ0v) is 14.1. The van der Waals surface area contributed by atoms with Crippen molar-refractivity contribution in [3.8, 4) is 0 Å². The Morgan fingerprint density at radius 3 is 1.86 bits per heavy atom. The van der Waals surface area contributed by atoms with Crippen LogP contribution in [0.3, 0.4) is 0 Å². The molecule has 1 saturated carbocycles. The maximum Gasteiger partial charge on any atom is 0.0374 e. The van der Waals surface area contributed by atoms with E-state index in [9.17, 15) is 0 Å². The second-order valence-corrected chi connectivity index (χ2v) is 6.85. The minimum atomic E-state index is 0.671. The van der Waals surface area contributed by atoms with Gasteiger partial charge in [0.15, 0.2) is 0 Å². The van der Waals surface area contributed by atoms with Crippen LogP contribution in [0.1, 0.15) is 81.8 Å². The summed E-state index contributed by atoms with van der Waals surface area (Å²) in [5.41, 5.74) is 4.17. The molecule has 0 atom stereocenters. The van der Waals surface area contributed by atoms with Gasteiger partial charge in [0.2, 0.25) is 0 Å². The molecule has 1 aliphatic rings. The molecule has 1 nitrogen and oxygen atoms in total. The van der Waals surface area contributed by atoms with Crippen molar-refractivity contribution in [2.75, 3.05) is 5.32 Å². The highest BCUT2D eigenvalue weighted by atomic mass is 14.9. The van der Waals surface area contributed by atoms with Gasteiger partial charge in [-0.25, -0.2) is 0 Å². The Balaban J connectivity index is 1.92. The van der Waals surface area contributed by atoms with Gasteiger partial charge in [0, 0.05) is 11.7 Å². The lowest BCUT2D eigenvalue weighted by Crippen LogP contribution is -2.20. The fourth-order valence-electron chi connectivity index (χ4n) is 3.43. The van der Waals surface area contributed by atoms with E-state index in [1.165, 1.54) is 87.4 Å². The predicted molar refractivity (Wildman–Crippen MR) is 94.1 cm³/mol. The summed E-state index contributed by atoms with van der Waals surface area (Å²) in [5, 5.41) is 3.84. The Morgan fingerprint density at radius 2 is 1.29 bits per heavy atom. The van der Waals surface area contributed by atoms with Crippen molar-refractivity contribution in [1.29, 1.82) is 0 Å². The summed E-state index contributed by atoms with van der Waals surface area (Å²) < 4.78 is 0. The highest BCUT2D eigenvalue weighted by Crippen LogP contribution is 2.23. The summed E-state index contributed by atoms with van der Waals surface area (Å²) in [6.07, 6.45) is 15.6. The van der Waals surface area contributed by atoms with Gasteiger partial charge >= 0.3 is 0 Å². The molecule has 21 heavy (non-hydrogen) atoms. The first kappa shape index (κ1) is 16.4. The lowest BCUT2D eigenvalue weighted by Gasteiger charge is -2.22. The fraction of sp³-hybridized carbons (Fsp3) is 0.700. The Bertz CT molecular complexity index is 398. The molecule has 2 rings (SSSR count). The summed E-state index contributed by atoms with van der Waals surface area (Å²) in [4.78, 5) is 0. The van der Waals surface area contributed by atoms with Crippen LogP contribution in [0.25, 0.3) is 0 Å². The van der Waals surface area contributed by atoms with Crippen LogP contribution >= 0.6 is 0 Å². The Hall–Kier alpha value is -0.980. The van der Waals surface area contributed by atoms with Crippen LogP contribution in [-0.2, 0) is 0 Å². The van der Waals surface area contributed by atoms with Gasteiger partial charge in [0.1, 0.15) is 0 Å². The molecular formula is C20H33N. The molecule has 0 bridgehead atoms. The average Bonchev–Trinajstić information content (AvgIpc) is 2.46. The first-order chi connectivity index (χ1) is 10.3. The summed E-state index contributed by atoms with van der Waals surface area (Å²) in [6, 6.07) is 7.31. The van der Waals surface area contributed by atoms with E-state index in [4.69, 9.17) is 0 Å². The lowest BCUT2D eigenvalue weighted by atomic mass is 9.97. The van der Waals surface area contributed by atoms with Gasteiger partial charge in [0.25, 0.3) is 0 Å². The van der Waals surface area contributed by atoms with E-state index in [2.05, 4.69) is 37.4 Å². The third kappa shape index (κ3) is 5.73. The zero-order valence-electron chi connectivity index (χ0n) is 14.1. The number of aryl methyl sites for hydroxylation is 1. The van der Waals surface area contributed by atoms with E-state index in [-0.39, 0.29) is 0 Å². The maximum absolute atomic E-state index is 3.84. The van der Waals surface area contributed by atoms with Crippen LogP contribution in [0, 0.1) is 13.8 Å². The van der Waals surface area contributed by atoms with Gasteiger partial charge in [-0.15, -0.1) is 0 Å². The molecular weight excluding hydrogens is 254 g/mol. The molecule has 0 radical (unpaired) electrons. The molecule has 118 valence electrons. The second-order valence-electron chi connectivity index (χ2n) is 6.85. The van der Waals surface area contributed by atoms with Crippen LogP contribution in [0.15, 0.2) is 18.2 Å². The quantitative estimate of drug-likeness (QED) is 0.664. The zero-order chi connectivity index (χ0) is 14.9. The number of benzene rings is 1. The topological polar surface area (TPSA) is 12.0 Å². The summed E-state index contributed by atoms with van der Waals surface area (Å²) in [7, 11) is 0. The monoisotopic (exact) mass is 287 g/mol. The van der Waals surface area contributed by atoms with Gasteiger partial charge in [-0.3, -0.25) is 0 Å². The minimum absolute atomic E-state index is 0.671.